The molecule has 1 aromatic carbocycles. The number of aromatic nitrogens is 4. The Morgan fingerprint density at radius 1 is 1.16 bits per heavy atom. The molecule has 0 aliphatic heterocycles. The first-order valence-corrected chi connectivity index (χ1v) is 8.78. The number of nitrogens with one attached hydrogen (secondary N) is 2. The highest BCUT2D eigenvalue weighted by molar-refractivity contribution is 5.91. The summed E-state index contributed by atoms with van der Waals surface area (Å²) < 4.78 is 0. The Morgan fingerprint density at radius 3 is 2.76 bits per heavy atom. The molecule has 1 fully saturated rings. The van der Waals surface area contributed by atoms with Gasteiger partial charge in [-0.15, -0.1) is 0 Å². The molecule has 128 valence electrons. The molecule has 1 aliphatic rings. The van der Waals surface area contributed by atoms with E-state index in [9.17, 15) is 4.79 Å². The smallest absolute Gasteiger partial charge is 0.271 e. The van der Waals surface area contributed by atoms with Crippen molar-refractivity contribution in [2.75, 3.05) is 6.54 Å². The van der Waals surface area contributed by atoms with Crippen molar-refractivity contribution in [1.82, 2.24) is 25.3 Å². The minimum absolute atomic E-state index is 0.146. The van der Waals surface area contributed by atoms with Gasteiger partial charge in [-0.05, 0) is 43.7 Å². The Morgan fingerprint density at radius 2 is 2.00 bits per heavy atom. The van der Waals surface area contributed by atoms with E-state index in [4.69, 9.17) is 4.98 Å². The Hall–Kier alpha value is -2.76. The number of carbonyl (C=O) groups is 1. The molecule has 25 heavy (non-hydrogen) atoms. The lowest BCUT2D eigenvalue weighted by Gasteiger charge is -2.27. The van der Waals surface area contributed by atoms with Crippen LogP contribution in [0.4, 0.5) is 0 Å². The zero-order chi connectivity index (χ0) is 17.1. The second-order valence-corrected chi connectivity index (χ2v) is 6.66. The number of aromatic amines is 1. The molecule has 0 atom stereocenters. The lowest BCUT2D eigenvalue weighted by atomic mass is 9.81. The number of para-hydroxylation sites is 2. The minimum atomic E-state index is -0.146. The fourth-order valence-corrected chi connectivity index (χ4v) is 3.55. The molecular formula is C19H21N5O. The van der Waals surface area contributed by atoms with Gasteiger partial charge >= 0.3 is 0 Å². The third kappa shape index (κ3) is 3.52. The maximum absolute atomic E-state index is 12.0. The lowest BCUT2D eigenvalue weighted by Crippen LogP contribution is -2.31. The van der Waals surface area contributed by atoms with Gasteiger partial charge in [0.2, 0.25) is 0 Å². The van der Waals surface area contributed by atoms with Crippen molar-refractivity contribution in [2.45, 2.75) is 31.6 Å². The monoisotopic (exact) mass is 335 g/mol. The fourth-order valence-electron chi connectivity index (χ4n) is 3.55. The van der Waals surface area contributed by atoms with E-state index in [0.29, 0.717) is 24.1 Å². The molecule has 0 bridgehead atoms. The van der Waals surface area contributed by atoms with Gasteiger partial charge in [0.1, 0.15) is 11.5 Å². The van der Waals surface area contributed by atoms with Gasteiger partial charge in [0.05, 0.1) is 17.2 Å². The van der Waals surface area contributed by atoms with Crippen molar-refractivity contribution in [3.63, 3.8) is 0 Å². The van der Waals surface area contributed by atoms with Crippen LogP contribution in [0.3, 0.4) is 0 Å². The summed E-state index contributed by atoms with van der Waals surface area (Å²) in [6.07, 6.45) is 9.00. The minimum Gasteiger partial charge on any atom is -0.350 e. The molecule has 2 N–H and O–H groups in total. The van der Waals surface area contributed by atoms with Crippen molar-refractivity contribution in [2.24, 2.45) is 5.92 Å². The van der Waals surface area contributed by atoms with Gasteiger partial charge in [0, 0.05) is 24.9 Å². The maximum atomic E-state index is 12.0. The van der Waals surface area contributed by atoms with Crippen molar-refractivity contribution in [3.05, 3.63) is 54.4 Å². The molecule has 6 heteroatoms. The summed E-state index contributed by atoms with van der Waals surface area (Å²) in [4.78, 5) is 28.2. The number of amides is 1. The normalized spacial score (nSPS) is 20.5. The van der Waals surface area contributed by atoms with Crippen LogP contribution in [0.15, 0.2) is 42.9 Å². The van der Waals surface area contributed by atoms with Crippen LogP contribution >= 0.6 is 0 Å². The van der Waals surface area contributed by atoms with E-state index >= 15 is 0 Å². The molecule has 0 unspecified atom stereocenters. The van der Waals surface area contributed by atoms with E-state index < -0.39 is 0 Å². The summed E-state index contributed by atoms with van der Waals surface area (Å²) >= 11 is 0. The third-order valence-corrected chi connectivity index (χ3v) is 4.99. The van der Waals surface area contributed by atoms with E-state index in [-0.39, 0.29) is 5.91 Å². The highest BCUT2D eigenvalue weighted by Gasteiger charge is 2.25. The first-order valence-electron chi connectivity index (χ1n) is 8.78. The van der Waals surface area contributed by atoms with E-state index in [1.165, 1.54) is 12.4 Å². The number of rotatable bonds is 4. The van der Waals surface area contributed by atoms with Crippen LogP contribution in [0.5, 0.6) is 0 Å². The Balaban J connectivity index is 1.30. The molecule has 2 heterocycles. The highest BCUT2D eigenvalue weighted by Crippen LogP contribution is 2.34. The first kappa shape index (κ1) is 15.7. The molecule has 2 aromatic heterocycles. The summed E-state index contributed by atoms with van der Waals surface area (Å²) in [5.74, 6) is 1.95. The van der Waals surface area contributed by atoms with Gasteiger partial charge in [-0.25, -0.2) is 9.97 Å². The number of fused-ring (bicyclic) bond motifs is 1. The van der Waals surface area contributed by atoms with Gasteiger partial charge < -0.3 is 10.3 Å². The molecule has 3 aromatic rings. The number of imidazole rings is 1. The van der Waals surface area contributed by atoms with Gasteiger partial charge in [-0.2, -0.15) is 0 Å². The van der Waals surface area contributed by atoms with E-state index in [1.54, 1.807) is 6.20 Å². The first-order chi connectivity index (χ1) is 12.3. The van der Waals surface area contributed by atoms with Crippen molar-refractivity contribution >= 4 is 16.9 Å². The Bertz CT molecular complexity index is 819. The van der Waals surface area contributed by atoms with Crippen LogP contribution in [0, 0.1) is 5.92 Å². The zero-order valence-electron chi connectivity index (χ0n) is 14.0. The quantitative estimate of drug-likeness (QED) is 0.767. The second kappa shape index (κ2) is 7.01. The van der Waals surface area contributed by atoms with E-state index in [2.05, 4.69) is 26.3 Å². The lowest BCUT2D eigenvalue weighted by molar-refractivity contribution is 0.0937. The number of benzene rings is 1. The van der Waals surface area contributed by atoms with Gasteiger partial charge in [0.15, 0.2) is 0 Å². The topological polar surface area (TPSA) is 83.6 Å². The largest absolute Gasteiger partial charge is 0.350 e. The summed E-state index contributed by atoms with van der Waals surface area (Å²) in [7, 11) is 0. The number of carbonyl (C=O) groups excluding carboxylic acids is 1. The summed E-state index contributed by atoms with van der Waals surface area (Å²) in [5.41, 5.74) is 2.52. The SMILES string of the molecule is O=C(NCC1CCC(c2nc3ccccc3[nH]2)CC1)c1cnccn1. The Labute approximate surface area is 146 Å². The summed E-state index contributed by atoms with van der Waals surface area (Å²) in [5, 5.41) is 2.98. The maximum Gasteiger partial charge on any atom is 0.271 e. The predicted octanol–water partition coefficient (Wildman–Crippen LogP) is 3.06. The second-order valence-electron chi connectivity index (χ2n) is 6.66. The van der Waals surface area contributed by atoms with Crippen LogP contribution in [-0.4, -0.2) is 32.4 Å². The Kier molecular flexibility index (Phi) is 4.41. The van der Waals surface area contributed by atoms with Crippen molar-refractivity contribution in [1.29, 1.82) is 0 Å². The number of nitrogens with zero attached hydrogens (tertiary/aromatic N) is 3. The fraction of sp³-hybridized carbons (Fsp3) is 0.368. The zero-order valence-corrected chi connectivity index (χ0v) is 14.0. The van der Waals surface area contributed by atoms with Gasteiger partial charge in [0.25, 0.3) is 5.91 Å². The molecule has 0 radical (unpaired) electrons. The average Bonchev–Trinajstić information content (AvgIpc) is 3.11. The van der Waals surface area contributed by atoms with Crippen LogP contribution in [0.2, 0.25) is 0 Å². The van der Waals surface area contributed by atoms with Crippen LogP contribution < -0.4 is 5.32 Å². The number of H-pyrrole nitrogens is 1. The van der Waals surface area contributed by atoms with Crippen LogP contribution in [0.1, 0.15) is 47.9 Å². The highest BCUT2D eigenvalue weighted by atomic mass is 16.1. The van der Waals surface area contributed by atoms with Gasteiger partial charge in [-0.1, -0.05) is 12.1 Å². The molecule has 0 spiro atoms. The predicted molar refractivity (Wildman–Crippen MR) is 95.2 cm³/mol. The average molecular weight is 335 g/mol. The van der Waals surface area contributed by atoms with Crippen LogP contribution in [0.25, 0.3) is 11.0 Å². The molecule has 4 rings (SSSR count). The summed E-state index contributed by atoms with van der Waals surface area (Å²) in [6, 6.07) is 8.16. The molecule has 1 saturated carbocycles. The van der Waals surface area contributed by atoms with Gasteiger partial charge in [-0.3, -0.25) is 9.78 Å². The summed E-state index contributed by atoms with van der Waals surface area (Å²) in [6.45, 7) is 0.697. The van der Waals surface area contributed by atoms with Crippen LogP contribution in [-0.2, 0) is 0 Å². The third-order valence-electron chi connectivity index (χ3n) is 4.99. The van der Waals surface area contributed by atoms with Crippen molar-refractivity contribution in [3.8, 4) is 0 Å². The molecule has 0 saturated heterocycles. The standard InChI is InChI=1S/C19H21N5O/c25-19(17-12-20-9-10-21-17)22-11-13-5-7-14(8-6-13)18-23-15-3-1-2-4-16(15)24-18/h1-4,9-10,12-14H,5-8,11H2,(H,22,25)(H,23,24). The molecule has 1 amide bonds. The number of hydrogen-bond acceptors (Lipinski definition) is 4. The van der Waals surface area contributed by atoms with E-state index in [1.807, 2.05) is 18.2 Å². The van der Waals surface area contributed by atoms with Crippen molar-refractivity contribution < 1.29 is 4.79 Å². The van der Waals surface area contributed by atoms with E-state index in [0.717, 1.165) is 42.5 Å². The molecule has 6 nitrogen and oxygen atoms in total. The number of hydrogen-bond donors (Lipinski definition) is 2. The molecular weight excluding hydrogens is 314 g/mol. The molecule has 1 aliphatic carbocycles.